The van der Waals surface area contributed by atoms with Gasteiger partial charge in [-0.15, -0.1) is 0 Å². The average Bonchev–Trinajstić information content (AvgIpc) is 2.61. The number of piperidine rings is 1. The van der Waals surface area contributed by atoms with Gasteiger partial charge in [-0.05, 0) is 37.1 Å². The van der Waals surface area contributed by atoms with E-state index in [1.807, 2.05) is 0 Å². The molecule has 1 aromatic carbocycles. The van der Waals surface area contributed by atoms with Crippen molar-refractivity contribution >= 4 is 17.6 Å². The first-order valence-corrected chi connectivity index (χ1v) is 8.39. The monoisotopic (exact) mass is 352 g/mol. The Morgan fingerprint density at radius 3 is 2.56 bits per heavy atom. The molecule has 0 spiro atoms. The predicted octanol–water partition coefficient (Wildman–Crippen LogP) is 1.17. The smallest absolute Gasteiger partial charge is 0.319 e. The number of halogens is 1. The molecule has 0 aliphatic carbocycles. The van der Waals surface area contributed by atoms with E-state index in [1.54, 1.807) is 12.0 Å². The van der Waals surface area contributed by atoms with Crippen LogP contribution >= 0.6 is 0 Å². The molecule has 0 radical (unpaired) electrons. The number of hydrogen-bond acceptors (Lipinski definition) is 4. The van der Waals surface area contributed by atoms with Gasteiger partial charge >= 0.3 is 6.03 Å². The molecule has 1 saturated heterocycles. The molecule has 0 aromatic heterocycles. The van der Waals surface area contributed by atoms with Crippen molar-refractivity contribution in [1.82, 2.24) is 15.5 Å². The van der Waals surface area contributed by atoms with E-state index >= 15 is 0 Å². The van der Waals surface area contributed by atoms with Crippen molar-refractivity contribution in [3.63, 3.8) is 0 Å². The van der Waals surface area contributed by atoms with Crippen LogP contribution in [0.2, 0.25) is 0 Å². The fourth-order valence-electron chi connectivity index (χ4n) is 2.64. The summed E-state index contributed by atoms with van der Waals surface area (Å²) in [5.74, 6) is -0.287. The number of methoxy groups -OCH3 is 1. The number of amides is 3. The molecule has 1 fully saturated rings. The van der Waals surface area contributed by atoms with Crippen molar-refractivity contribution in [2.45, 2.75) is 18.9 Å². The summed E-state index contributed by atoms with van der Waals surface area (Å²) in [6.07, 6.45) is 1.42. The molecule has 0 bridgehead atoms. The Kier molecular flexibility index (Phi) is 7.62. The normalized spacial score (nSPS) is 15.0. The molecule has 0 saturated carbocycles. The molecule has 3 N–H and O–H groups in total. The van der Waals surface area contributed by atoms with E-state index in [0.29, 0.717) is 51.3 Å². The van der Waals surface area contributed by atoms with E-state index in [1.165, 1.54) is 24.3 Å². The molecule has 2 rings (SSSR count). The summed E-state index contributed by atoms with van der Waals surface area (Å²) in [5.41, 5.74) is 0.536. The number of rotatable bonds is 7. The Bertz CT molecular complexity index is 560. The number of carbonyl (C=O) groups excluding carboxylic acids is 2. The lowest BCUT2D eigenvalue weighted by Crippen LogP contribution is -2.49. The maximum atomic E-state index is 12.8. The number of nitrogens with zero attached hydrogens (tertiary/aromatic N) is 1. The van der Waals surface area contributed by atoms with Crippen LogP contribution in [-0.2, 0) is 9.53 Å². The quantitative estimate of drug-likeness (QED) is 0.644. The van der Waals surface area contributed by atoms with Crippen LogP contribution in [0.1, 0.15) is 12.8 Å². The molecule has 1 aliphatic heterocycles. The second-order valence-corrected chi connectivity index (χ2v) is 5.93. The minimum atomic E-state index is -0.347. The number of nitrogens with one attached hydrogen (secondary N) is 3. The van der Waals surface area contributed by atoms with Crippen LogP contribution < -0.4 is 16.0 Å². The van der Waals surface area contributed by atoms with Gasteiger partial charge in [-0.1, -0.05) is 0 Å². The molecule has 3 amide bonds. The molecular weight excluding hydrogens is 327 g/mol. The van der Waals surface area contributed by atoms with Crippen LogP contribution in [0.3, 0.4) is 0 Å². The number of hydrogen-bond donors (Lipinski definition) is 3. The SMILES string of the molecule is COCCNCC(=O)N1CCC(NC(=O)Nc2ccc(F)cc2)CC1. The van der Waals surface area contributed by atoms with Crippen LogP contribution in [0.4, 0.5) is 14.9 Å². The summed E-state index contributed by atoms with van der Waals surface area (Å²) in [5, 5.41) is 8.59. The fraction of sp³-hybridized carbons (Fsp3) is 0.529. The zero-order valence-corrected chi connectivity index (χ0v) is 14.4. The van der Waals surface area contributed by atoms with E-state index < -0.39 is 0 Å². The van der Waals surface area contributed by atoms with E-state index in [4.69, 9.17) is 4.74 Å². The number of anilines is 1. The van der Waals surface area contributed by atoms with Crippen molar-refractivity contribution in [3.8, 4) is 0 Å². The van der Waals surface area contributed by atoms with Crippen LogP contribution in [0, 0.1) is 5.82 Å². The highest BCUT2D eigenvalue weighted by atomic mass is 19.1. The number of likely N-dealkylation sites (tertiary alicyclic amines) is 1. The minimum absolute atomic E-state index is 0.0194. The number of ether oxygens (including phenoxy) is 1. The van der Waals surface area contributed by atoms with Gasteiger partial charge in [0.05, 0.1) is 13.2 Å². The highest BCUT2D eigenvalue weighted by Crippen LogP contribution is 2.12. The fourth-order valence-corrected chi connectivity index (χ4v) is 2.64. The highest BCUT2D eigenvalue weighted by Gasteiger charge is 2.23. The minimum Gasteiger partial charge on any atom is -0.383 e. The average molecular weight is 352 g/mol. The van der Waals surface area contributed by atoms with Gasteiger partial charge < -0.3 is 25.6 Å². The maximum absolute atomic E-state index is 12.8. The second kappa shape index (κ2) is 9.95. The largest absolute Gasteiger partial charge is 0.383 e. The lowest BCUT2D eigenvalue weighted by Gasteiger charge is -2.32. The molecule has 1 aliphatic rings. The molecule has 0 unspecified atom stereocenters. The molecule has 1 aromatic rings. The van der Waals surface area contributed by atoms with Crippen LogP contribution in [0.25, 0.3) is 0 Å². The molecule has 7 nitrogen and oxygen atoms in total. The van der Waals surface area contributed by atoms with Crippen LogP contribution in [-0.4, -0.2) is 62.8 Å². The standard InChI is InChI=1S/C17H25FN4O3/c1-25-11-8-19-12-16(23)22-9-6-15(7-10-22)21-17(24)20-14-4-2-13(18)3-5-14/h2-5,15,19H,6-12H2,1H3,(H2,20,21,24). The number of carbonyl (C=O) groups is 2. The van der Waals surface area contributed by atoms with Gasteiger partial charge in [0, 0.05) is 38.5 Å². The third-order valence-electron chi connectivity index (χ3n) is 4.04. The second-order valence-electron chi connectivity index (χ2n) is 5.93. The predicted molar refractivity (Wildman–Crippen MR) is 92.9 cm³/mol. The first kappa shape index (κ1) is 19.1. The zero-order chi connectivity index (χ0) is 18.1. The van der Waals surface area contributed by atoms with Crippen LogP contribution in [0.15, 0.2) is 24.3 Å². The van der Waals surface area contributed by atoms with Gasteiger partial charge in [-0.3, -0.25) is 4.79 Å². The van der Waals surface area contributed by atoms with Gasteiger partial charge in [0.2, 0.25) is 5.91 Å². The summed E-state index contributed by atoms with van der Waals surface area (Å²) in [7, 11) is 1.62. The molecule has 0 atom stereocenters. The zero-order valence-electron chi connectivity index (χ0n) is 14.4. The highest BCUT2D eigenvalue weighted by molar-refractivity contribution is 5.89. The van der Waals surface area contributed by atoms with Crippen molar-refractivity contribution in [2.75, 3.05) is 45.2 Å². The summed E-state index contributed by atoms with van der Waals surface area (Å²) in [4.78, 5) is 25.8. The van der Waals surface area contributed by atoms with Gasteiger partial charge in [-0.2, -0.15) is 0 Å². The Morgan fingerprint density at radius 2 is 1.92 bits per heavy atom. The van der Waals surface area contributed by atoms with E-state index in [9.17, 15) is 14.0 Å². The van der Waals surface area contributed by atoms with Crippen molar-refractivity contribution < 1.29 is 18.7 Å². The van der Waals surface area contributed by atoms with E-state index in [2.05, 4.69) is 16.0 Å². The lowest BCUT2D eigenvalue weighted by molar-refractivity contribution is -0.131. The molecule has 25 heavy (non-hydrogen) atoms. The molecule has 1 heterocycles. The molecule has 8 heteroatoms. The Hall–Kier alpha value is -2.19. The summed E-state index contributed by atoms with van der Waals surface area (Å²) >= 11 is 0. The lowest BCUT2D eigenvalue weighted by atomic mass is 10.1. The molecular formula is C17H25FN4O3. The number of benzene rings is 1. The van der Waals surface area contributed by atoms with Gasteiger partial charge in [-0.25, -0.2) is 9.18 Å². The third kappa shape index (κ3) is 6.67. The van der Waals surface area contributed by atoms with Gasteiger partial charge in [0.15, 0.2) is 0 Å². The Morgan fingerprint density at radius 1 is 1.24 bits per heavy atom. The van der Waals surface area contributed by atoms with E-state index in [-0.39, 0.29) is 23.8 Å². The molecule has 138 valence electrons. The summed E-state index contributed by atoms with van der Waals surface area (Å²) in [6.45, 7) is 2.75. The van der Waals surface area contributed by atoms with E-state index in [0.717, 1.165) is 0 Å². The summed E-state index contributed by atoms with van der Waals surface area (Å²) in [6, 6.07) is 5.30. The third-order valence-corrected chi connectivity index (χ3v) is 4.04. The topological polar surface area (TPSA) is 82.7 Å². The van der Waals surface area contributed by atoms with Crippen LogP contribution in [0.5, 0.6) is 0 Å². The summed E-state index contributed by atoms with van der Waals surface area (Å²) < 4.78 is 17.8. The van der Waals surface area contributed by atoms with Gasteiger partial charge in [0.25, 0.3) is 0 Å². The van der Waals surface area contributed by atoms with Crippen molar-refractivity contribution in [1.29, 1.82) is 0 Å². The van der Waals surface area contributed by atoms with Crippen molar-refractivity contribution in [2.24, 2.45) is 0 Å². The Labute approximate surface area is 146 Å². The van der Waals surface area contributed by atoms with Gasteiger partial charge in [0.1, 0.15) is 5.82 Å². The van der Waals surface area contributed by atoms with Crippen molar-refractivity contribution in [3.05, 3.63) is 30.1 Å². The maximum Gasteiger partial charge on any atom is 0.319 e. The Balaban J connectivity index is 1.66. The first-order valence-electron chi connectivity index (χ1n) is 8.39. The first-order chi connectivity index (χ1) is 12.1. The number of urea groups is 1.